The van der Waals surface area contributed by atoms with Crippen LogP contribution in [0.3, 0.4) is 0 Å². The minimum absolute atomic E-state index is 0.0213. The van der Waals surface area contributed by atoms with Crippen molar-refractivity contribution in [3.63, 3.8) is 0 Å². The summed E-state index contributed by atoms with van der Waals surface area (Å²) in [6.45, 7) is 0.624. The number of carbonyl (C=O) groups is 1. The third-order valence-electron chi connectivity index (χ3n) is 7.76. The Morgan fingerprint density at radius 3 is 2.46 bits per heavy atom. The van der Waals surface area contributed by atoms with E-state index in [1.165, 1.54) is 12.1 Å². The lowest BCUT2D eigenvalue weighted by Crippen LogP contribution is -2.54. The van der Waals surface area contributed by atoms with Crippen LogP contribution in [0.1, 0.15) is 40.3 Å². The number of nitrogens with one attached hydrogen (secondary N) is 2. The fraction of sp³-hybridized carbons (Fsp3) is 0.257. The molecule has 1 aliphatic rings. The lowest BCUT2D eigenvalue weighted by Gasteiger charge is -2.32. The van der Waals surface area contributed by atoms with E-state index >= 15 is 0 Å². The Kier molecular flexibility index (Phi) is 11.8. The molecule has 0 aliphatic carbocycles. The lowest BCUT2D eigenvalue weighted by molar-refractivity contribution is -0.130. The number of carbonyl (C=O) groups excluding carboxylic acids is 1. The SMILES string of the molecule is [N-]=[N+]=NCc1ccccc1C[C@]1(C(=O)NNCCc2cc(F)cc(F)c2)N=C(c2ccc(OCCCO)cc2)O[C@H]1c1ccccc1Br. The van der Waals surface area contributed by atoms with Crippen molar-refractivity contribution in [1.29, 1.82) is 0 Å². The van der Waals surface area contributed by atoms with Gasteiger partial charge in [0, 0.05) is 52.6 Å². The Hall–Kier alpha value is -4.81. The van der Waals surface area contributed by atoms with Crippen molar-refractivity contribution >= 4 is 27.7 Å². The zero-order valence-corrected chi connectivity index (χ0v) is 27.4. The average molecular weight is 720 g/mol. The van der Waals surface area contributed by atoms with Gasteiger partial charge in [-0.3, -0.25) is 10.2 Å². The van der Waals surface area contributed by atoms with Crippen LogP contribution in [0.25, 0.3) is 10.4 Å². The number of hydrogen-bond acceptors (Lipinski definition) is 7. The molecule has 0 saturated carbocycles. The molecule has 0 saturated heterocycles. The predicted octanol–water partition coefficient (Wildman–Crippen LogP) is 6.66. The fourth-order valence-electron chi connectivity index (χ4n) is 5.44. The Morgan fingerprint density at radius 1 is 1.04 bits per heavy atom. The summed E-state index contributed by atoms with van der Waals surface area (Å²) in [5.74, 6) is -1.04. The Labute approximate surface area is 284 Å². The Bertz CT molecular complexity index is 1800. The standard InChI is InChI=1S/C35H33BrF2N6O4/c36-31-9-4-3-8-30(31)32-35(21-25-6-1-2-7-26(25)22-41-44-39,34(46)43-40-15-14-23-18-27(37)20-28(38)19-23)42-33(48-32)24-10-12-29(13-11-24)47-17-5-16-45/h1-4,6-13,18-20,32,40,45H,5,14-17,21-22H2,(H,43,46)/t32-,35-/m0/s1. The molecule has 5 rings (SSSR count). The first-order valence-corrected chi connectivity index (χ1v) is 16.0. The van der Waals surface area contributed by atoms with Gasteiger partial charge in [0.1, 0.15) is 17.4 Å². The van der Waals surface area contributed by atoms with Crippen LogP contribution in [0.5, 0.6) is 5.75 Å². The van der Waals surface area contributed by atoms with Gasteiger partial charge >= 0.3 is 0 Å². The molecule has 1 heterocycles. The number of hydrazine groups is 1. The van der Waals surface area contributed by atoms with Crippen molar-refractivity contribution in [2.75, 3.05) is 19.8 Å². The van der Waals surface area contributed by atoms with Gasteiger partial charge in [-0.15, -0.1) is 0 Å². The third-order valence-corrected chi connectivity index (χ3v) is 8.49. The smallest absolute Gasteiger partial charge is 0.266 e. The van der Waals surface area contributed by atoms with Crippen LogP contribution in [0.4, 0.5) is 8.78 Å². The van der Waals surface area contributed by atoms with Gasteiger partial charge in [0.05, 0.1) is 13.2 Å². The highest BCUT2D eigenvalue weighted by Gasteiger charge is 2.54. The maximum absolute atomic E-state index is 14.5. The largest absolute Gasteiger partial charge is 0.494 e. The number of aliphatic imine (C=N–C) groups is 1. The second-order valence-corrected chi connectivity index (χ2v) is 11.9. The molecule has 1 amide bonds. The van der Waals surface area contributed by atoms with Crippen LogP contribution >= 0.6 is 15.9 Å². The quantitative estimate of drug-likeness (QED) is 0.0415. The summed E-state index contributed by atoms with van der Waals surface area (Å²) in [5.41, 5.74) is 16.3. The second kappa shape index (κ2) is 16.3. The fourth-order valence-corrected chi connectivity index (χ4v) is 5.94. The third kappa shape index (κ3) is 8.36. The van der Waals surface area contributed by atoms with Crippen molar-refractivity contribution in [3.05, 3.63) is 145 Å². The molecule has 248 valence electrons. The topological polar surface area (TPSA) is 141 Å². The highest BCUT2D eigenvalue weighted by Crippen LogP contribution is 2.45. The van der Waals surface area contributed by atoms with Crippen molar-refractivity contribution in [1.82, 2.24) is 10.9 Å². The summed E-state index contributed by atoms with van der Waals surface area (Å²) < 4.78 is 40.4. The van der Waals surface area contributed by atoms with Gasteiger partial charge in [-0.1, -0.05) is 63.5 Å². The number of halogens is 3. The summed E-state index contributed by atoms with van der Waals surface area (Å²) >= 11 is 3.63. The molecule has 1 aliphatic heterocycles. The van der Waals surface area contributed by atoms with Crippen LogP contribution in [-0.4, -0.2) is 42.2 Å². The molecule has 4 aromatic carbocycles. The average Bonchev–Trinajstić information content (AvgIpc) is 3.46. The maximum Gasteiger partial charge on any atom is 0.266 e. The molecule has 0 spiro atoms. The molecule has 3 N–H and O–H groups in total. The summed E-state index contributed by atoms with van der Waals surface area (Å²) in [4.78, 5) is 22.4. The normalized spacial score (nSPS) is 16.8. The first-order valence-electron chi connectivity index (χ1n) is 15.2. The van der Waals surface area contributed by atoms with Gasteiger partial charge in [-0.25, -0.2) is 19.2 Å². The van der Waals surface area contributed by atoms with Gasteiger partial charge in [0.25, 0.3) is 5.91 Å². The van der Waals surface area contributed by atoms with Crippen LogP contribution in [0.2, 0.25) is 0 Å². The molecule has 10 nitrogen and oxygen atoms in total. The number of hydrogen-bond donors (Lipinski definition) is 3. The van der Waals surface area contributed by atoms with Crippen molar-refractivity contribution in [3.8, 4) is 5.75 Å². The van der Waals surface area contributed by atoms with E-state index in [9.17, 15) is 13.6 Å². The molecule has 0 radical (unpaired) electrons. The molecule has 0 fully saturated rings. The van der Waals surface area contributed by atoms with E-state index in [1.807, 2.05) is 48.5 Å². The van der Waals surface area contributed by atoms with Crippen molar-refractivity contribution in [2.24, 2.45) is 10.1 Å². The van der Waals surface area contributed by atoms with Gasteiger partial charge in [0.15, 0.2) is 11.6 Å². The molecular weight excluding hydrogens is 686 g/mol. The minimum Gasteiger partial charge on any atom is -0.494 e. The highest BCUT2D eigenvalue weighted by atomic mass is 79.9. The van der Waals surface area contributed by atoms with E-state index in [2.05, 4.69) is 36.8 Å². The lowest BCUT2D eigenvalue weighted by atomic mass is 9.81. The molecule has 48 heavy (non-hydrogen) atoms. The summed E-state index contributed by atoms with van der Waals surface area (Å²) in [7, 11) is 0. The number of aliphatic hydroxyl groups is 1. The summed E-state index contributed by atoms with van der Waals surface area (Å²) in [6.07, 6.45) is -0.0976. The Morgan fingerprint density at radius 2 is 1.75 bits per heavy atom. The summed E-state index contributed by atoms with van der Waals surface area (Å²) in [5, 5.41) is 12.8. The zero-order chi connectivity index (χ0) is 33.9. The van der Waals surface area contributed by atoms with Crippen LogP contribution in [0.15, 0.2) is 106 Å². The van der Waals surface area contributed by atoms with E-state index in [1.54, 1.807) is 24.3 Å². The molecular formula is C35H33BrF2N6O4. The number of benzene rings is 4. The highest BCUT2D eigenvalue weighted by molar-refractivity contribution is 9.10. The van der Waals surface area contributed by atoms with Crippen molar-refractivity contribution in [2.45, 2.75) is 37.5 Å². The van der Waals surface area contributed by atoms with Gasteiger partial charge < -0.3 is 14.6 Å². The van der Waals surface area contributed by atoms with E-state index < -0.39 is 29.2 Å². The molecule has 2 atom stereocenters. The number of amides is 1. The molecule has 4 aromatic rings. The Balaban J connectivity index is 1.52. The van der Waals surface area contributed by atoms with Crippen molar-refractivity contribution < 1.29 is 28.2 Å². The van der Waals surface area contributed by atoms with Crippen LogP contribution < -0.4 is 15.6 Å². The summed E-state index contributed by atoms with van der Waals surface area (Å²) in [6, 6.07) is 25.1. The van der Waals surface area contributed by atoms with E-state index in [0.717, 1.165) is 17.2 Å². The minimum atomic E-state index is -1.57. The molecule has 0 unspecified atom stereocenters. The molecule has 13 heteroatoms. The number of aliphatic hydroxyl groups excluding tert-OH is 1. The van der Waals surface area contributed by atoms with Crippen LogP contribution in [-0.2, 0) is 28.9 Å². The zero-order valence-electron chi connectivity index (χ0n) is 25.8. The van der Waals surface area contributed by atoms with Gasteiger partial charge in [0.2, 0.25) is 5.90 Å². The number of azide groups is 1. The predicted molar refractivity (Wildman–Crippen MR) is 180 cm³/mol. The molecule has 0 bridgehead atoms. The van der Waals surface area contributed by atoms with E-state index in [0.29, 0.717) is 39.9 Å². The second-order valence-electron chi connectivity index (χ2n) is 11.1. The van der Waals surface area contributed by atoms with Gasteiger partial charge in [-0.05, 0) is 71.1 Å². The number of rotatable bonds is 15. The first kappa shape index (κ1) is 34.5. The maximum atomic E-state index is 14.5. The number of nitrogens with zero attached hydrogens (tertiary/aromatic N) is 4. The van der Waals surface area contributed by atoms with E-state index in [-0.39, 0.29) is 38.4 Å². The van der Waals surface area contributed by atoms with E-state index in [4.69, 9.17) is 25.1 Å². The monoisotopic (exact) mass is 718 g/mol. The van der Waals surface area contributed by atoms with Crippen LogP contribution in [0, 0.1) is 11.6 Å². The molecule has 0 aromatic heterocycles. The van der Waals surface area contributed by atoms with Gasteiger partial charge in [-0.2, -0.15) is 0 Å². The number of ether oxygens (including phenoxy) is 2. The first-order chi connectivity index (χ1) is 23.3.